The summed E-state index contributed by atoms with van der Waals surface area (Å²) in [7, 11) is 0. The molecule has 0 spiro atoms. The van der Waals surface area contributed by atoms with E-state index in [1.165, 1.54) is 5.56 Å². The van der Waals surface area contributed by atoms with Gasteiger partial charge in [0.1, 0.15) is 18.1 Å². The third-order valence-corrected chi connectivity index (χ3v) is 5.50. The first-order chi connectivity index (χ1) is 15.2. The van der Waals surface area contributed by atoms with Crippen LogP contribution in [0.3, 0.4) is 0 Å². The van der Waals surface area contributed by atoms with Gasteiger partial charge in [-0.3, -0.25) is 0 Å². The van der Waals surface area contributed by atoms with E-state index in [4.69, 9.17) is 4.99 Å². The molecule has 1 aliphatic heterocycles. The van der Waals surface area contributed by atoms with Gasteiger partial charge < -0.3 is 24.8 Å². The Bertz CT molecular complexity index is 992. The van der Waals surface area contributed by atoms with Crippen molar-refractivity contribution in [1.29, 1.82) is 0 Å². The molecule has 1 fully saturated rings. The van der Waals surface area contributed by atoms with E-state index in [1.54, 1.807) is 6.07 Å². The topological polar surface area (TPSA) is 68.9 Å². The number of aliphatic imine (C=N–C) groups is 1. The summed E-state index contributed by atoms with van der Waals surface area (Å²) in [5.41, 5.74) is 2.14. The zero-order valence-electron chi connectivity index (χ0n) is 18.0. The molecule has 3 aromatic rings. The molecule has 0 saturated carbocycles. The number of nitrogens with one attached hydrogen (secondary N) is 1. The normalized spacial score (nSPS) is 14.7. The highest BCUT2D eigenvalue weighted by Gasteiger charge is 2.21. The molecule has 0 atom stereocenters. The van der Waals surface area contributed by atoms with Crippen LogP contribution >= 0.6 is 0 Å². The largest absolute Gasteiger partial charge is 0.506 e. The molecule has 1 saturated heterocycles. The number of benzene rings is 2. The van der Waals surface area contributed by atoms with Crippen LogP contribution in [0.1, 0.15) is 18.3 Å². The molecular weight excluding hydrogens is 388 g/mol. The summed E-state index contributed by atoms with van der Waals surface area (Å²) >= 11 is 0. The molecule has 0 unspecified atom stereocenters. The summed E-state index contributed by atoms with van der Waals surface area (Å²) in [6, 6.07) is 17.9. The summed E-state index contributed by atoms with van der Waals surface area (Å²) in [6.07, 6.45) is 3.85. The van der Waals surface area contributed by atoms with Crippen LogP contribution in [0.15, 0.2) is 72.0 Å². The molecule has 0 amide bonds. The molecule has 2 heterocycles. The van der Waals surface area contributed by atoms with Gasteiger partial charge in [-0.15, -0.1) is 0 Å². The highest BCUT2D eigenvalue weighted by atomic mass is 16.3. The van der Waals surface area contributed by atoms with E-state index in [2.05, 4.69) is 55.9 Å². The van der Waals surface area contributed by atoms with Crippen LogP contribution in [0.4, 0.5) is 5.69 Å². The molecule has 162 valence electrons. The number of hydrogen-bond acceptors (Lipinski definition) is 4. The number of aromatic nitrogens is 2. The summed E-state index contributed by atoms with van der Waals surface area (Å²) in [5.74, 6) is 2.20. The van der Waals surface area contributed by atoms with Crippen molar-refractivity contribution in [3.63, 3.8) is 0 Å². The van der Waals surface area contributed by atoms with Gasteiger partial charge in [0.05, 0.1) is 5.69 Å². The first kappa shape index (κ1) is 20.8. The minimum Gasteiger partial charge on any atom is -0.506 e. The fourth-order valence-corrected chi connectivity index (χ4v) is 3.88. The van der Waals surface area contributed by atoms with Crippen molar-refractivity contribution >= 4 is 11.6 Å². The van der Waals surface area contributed by atoms with Gasteiger partial charge >= 0.3 is 0 Å². The number of aromatic hydroxyl groups is 1. The van der Waals surface area contributed by atoms with Crippen molar-refractivity contribution in [2.24, 2.45) is 4.99 Å². The molecule has 4 rings (SSSR count). The van der Waals surface area contributed by atoms with Gasteiger partial charge in [0.15, 0.2) is 5.96 Å². The Morgan fingerprint density at radius 3 is 2.52 bits per heavy atom. The monoisotopic (exact) mass is 418 g/mol. The molecule has 2 N–H and O–H groups in total. The third kappa shape index (κ3) is 5.17. The fraction of sp³-hybridized carbons (Fsp3) is 0.333. The average Bonchev–Trinajstić information content (AvgIpc) is 3.25. The molecule has 7 nitrogen and oxygen atoms in total. The van der Waals surface area contributed by atoms with Crippen molar-refractivity contribution < 1.29 is 5.11 Å². The van der Waals surface area contributed by atoms with Crippen LogP contribution in [0.5, 0.6) is 5.75 Å². The van der Waals surface area contributed by atoms with Crippen molar-refractivity contribution in [3.05, 3.63) is 78.4 Å². The van der Waals surface area contributed by atoms with Crippen LogP contribution < -0.4 is 10.2 Å². The van der Waals surface area contributed by atoms with Crippen LogP contribution in [-0.4, -0.2) is 58.2 Å². The van der Waals surface area contributed by atoms with Gasteiger partial charge in [0.2, 0.25) is 0 Å². The maximum absolute atomic E-state index is 10.1. The number of rotatable bonds is 6. The van der Waals surface area contributed by atoms with Gasteiger partial charge in [-0.25, -0.2) is 9.98 Å². The van der Waals surface area contributed by atoms with E-state index in [1.807, 2.05) is 36.7 Å². The lowest BCUT2D eigenvalue weighted by Crippen LogP contribution is -2.52. The number of guanidine groups is 1. The summed E-state index contributed by atoms with van der Waals surface area (Å²) in [5, 5.41) is 13.6. The average molecular weight is 419 g/mol. The standard InChI is InChI=1S/C24H30N6O/c1-2-25-24(29-16-14-28(15-17-29)21-10-6-7-11-22(21)31)27-18-23-26-12-13-30(23)19-20-8-4-3-5-9-20/h3-13,31H,2,14-19H2,1H3,(H,25,27). The number of imidazole rings is 1. The first-order valence-corrected chi connectivity index (χ1v) is 10.8. The fourth-order valence-electron chi connectivity index (χ4n) is 3.88. The lowest BCUT2D eigenvalue weighted by atomic mass is 10.2. The predicted octanol–water partition coefficient (Wildman–Crippen LogP) is 2.92. The van der Waals surface area contributed by atoms with Crippen LogP contribution in [0, 0.1) is 0 Å². The number of para-hydroxylation sites is 2. The van der Waals surface area contributed by atoms with Crippen molar-refractivity contribution in [2.45, 2.75) is 20.0 Å². The van der Waals surface area contributed by atoms with Gasteiger partial charge in [-0.2, -0.15) is 0 Å². The lowest BCUT2D eigenvalue weighted by Gasteiger charge is -2.37. The number of anilines is 1. The zero-order chi connectivity index (χ0) is 21.5. The Kier molecular flexibility index (Phi) is 6.72. The number of phenolic OH excluding ortho intramolecular Hbond substituents is 1. The van der Waals surface area contributed by atoms with Gasteiger partial charge in [0.25, 0.3) is 0 Å². The Balaban J connectivity index is 1.41. The minimum absolute atomic E-state index is 0.335. The molecule has 2 aromatic carbocycles. The molecule has 0 radical (unpaired) electrons. The summed E-state index contributed by atoms with van der Waals surface area (Å²) in [6.45, 7) is 7.59. The highest BCUT2D eigenvalue weighted by Crippen LogP contribution is 2.27. The highest BCUT2D eigenvalue weighted by molar-refractivity contribution is 5.80. The van der Waals surface area contributed by atoms with Crippen molar-refractivity contribution in [2.75, 3.05) is 37.6 Å². The smallest absolute Gasteiger partial charge is 0.194 e. The van der Waals surface area contributed by atoms with E-state index in [0.29, 0.717) is 12.3 Å². The number of nitrogens with zero attached hydrogens (tertiary/aromatic N) is 5. The van der Waals surface area contributed by atoms with E-state index >= 15 is 0 Å². The van der Waals surface area contributed by atoms with E-state index in [9.17, 15) is 5.11 Å². The van der Waals surface area contributed by atoms with E-state index in [-0.39, 0.29) is 0 Å². The van der Waals surface area contributed by atoms with Crippen molar-refractivity contribution in [3.8, 4) is 5.75 Å². The second-order valence-electron chi connectivity index (χ2n) is 7.59. The third-order valence-electron chi connectivity index (χ3n) is 5.50. The van der Waals surface area contributed by atoms with Crippen LogP contribution in [0.2, 0.25) is 0 Å². The Morgan fingerprint density at radius 2 is 1.77 bits per heavy atom. The molecule has 31 heavy (non-hydrogen) atoms. The molecule has 1 aromatic heterocycles. The summed E-state index contributed by atoms with van der Waals surface area (Å²) < 4.78 is 2.15. The SMILES string of the molecule is CCNC(=NCc1nccn1Cc1ccccc1)N1CCN(c2ccccc2O)CC1. The maximum Gasteiger partial charge on any atom is 0.194 e. The van der Waals surface area contributed by atoms with Crippen LogP contribution in [-0.2, 0) is 13.1 Å². The van der Waals surface area contributed by atoms with Gasteiger partial charge in [-0.05, 0) is 24.6 Å². The Hall–Kier alpha value is -3.48. The van der Waals surface area contributed by atoms with E-state index in [0.717, 1.165) is 56.7 Å². The predicted molar refractivity (Wildman–Crippen MR) is 124 cm³/mol. The molecule has 7 heteroatoms. The van der Waals surface area contributed by atoms with Crippen LogP contribution in [0.25, 0.3) is 0 Å². The van der Waals surface area contributed by atoms with E-state index < -0.39 is 0 Å². The van der Waals surface area contributed by atoms with Gasteiger partial charge in [-0.1, -0.05) is 42.5 Å². The molecule has 0 bridgehead atoms. The minimum atomic E-state index is 0.335. The molecule has 0 aliphatic carbocycles. The number of hydrogen-bond donors (Lipinski definition) is 2. The second kappa shape index (κ2) is 10.0. The van der Waals surface area contributed by atoms with Crippen molar-refractivity contribution in [1.82, 2.24) is 19.8 Å². The number of phenols is 1. The number of piperazine rings is 1. The Morgan fingerprint density at radius 1 is 1.03 bits per heavy atom. The Labute approximate surface area is 183 Å². The maximum atomic E-state index is 10.1. The quantitative estimate of drug-likeness (QED) is 0.476. The zero-order valence-corrected chi connectivity index (χ0v) is 18.0. The molecular formula is C24H30N6O. The summed E-state index contributed by atoms with van der Waals surface area (Å²) in [4.78, 5) is 13.9. The lowest BCUT2D eigenvalue weighted by molar-refractivity contribution is 0.369. The molecule has 1 aliphatic rings. The second-order valence-corrected chi connectivity index (χ2v) is 7.59. The van der Waals surface area contributed by atoms with Gasteiger partial charge in [0, 0.05) is 51.7 Å². The first-order valence-electron chi connectivity index (χ1n) is 10.8.